The van der Waals surface area contributed by atoms with Crippen molar-refractivity contribution in [3.8, 4) is 0 Å². The number of aliphatic hydroxyl groups excluding tert-OH is 1. The number of fused-ring (bicyclic) bond motifs is 1. The lowest BCUT2D eigenvalue weighted by molar-refractivity contribution is 0.131. The van der Waals surface area contributed by atoms with Crippen molar-refractivity contribution in [3.05, 3.63) is 66.0 Å². The third-order valence-corrected chi connectivity index (χ3v) is 3.97. The summed E-state index contributed by atoms with van der Waals surface area (Å²) in [6.45, 7) is 2.51. The number of hydrogen-bond acceptors (Lipinski definition) is 3. The van der Waals surface area contributed by atoms with E-state index in [2.05, 4.69) is 33.1 Å². The zero-order chi connectivity index (χ0) is 15.5. The van der Waals surface area contributed by atoms with Gasteiger partial charge in [0.25, 0.3) is 0 Å². The van der Waals surface area contributed by atoms with E-state index in [1.165, 1.54) is 0 Å². The number of benzene rings is 2. The molecular formula is C18H21N3O. The monoisotopic (exact) mass is 295 g/mol. The Morgan fingerprint density at radius 3 is 2.50 bits per heavy atom. The predicted molar refractivity (Wildman–Crippen MR) is 89.0 cm³/mol. The van der Waals surface area contributed by atoms with Crippen LogP contribution in [0.3, 0.4) is 0 Å². The van der Waals surface area contributed by atoms with Crippen LogP contribution in [0.1, 0.15) is 17.4 Å². The van der Waals surface area contributed by atoms with Gasteiger partial charge in [-0.05, 0) is 31.7 Å². The second kappa shape index (κ2) is 6.30. The number of aromatic nitrogens is 2. The number of aryl methyl sites for hydroxylation is 1. The van der Waals surface area contributed by atoms with Crippen molar-refractivity contribution in [1.82, 2.24) is 14.9 Å². The van der Waals surface area contributed by atoms with Crippen LogP contribution in [0.4, 0.5) is 0 Å². The number of hydrogen-bond donors (Lipinski definition) is 2. The molecule has 3 aromatic rings. The molecule has 2 aromatic carbocycles. The number of nitrogens with zero attached hydrogens (tertiary/aromatic N) is 2. The van der Waals surface area contributed by atoms with Gasteiger partial charge in [0.1, 0.15) is 5.82 Å². The Bertz CT molecular complexity index is 751. The molecule has 0 bridgehead atoms. The molecule has 2 unspecified atom stereocenters. The first-order valence-electron chi connectivity index (χ1n) is 7.53. The highest BCUT2D eigenvalue weighted by Crippen LogP contribution is 2.28. The maximum Gasteiger partial charge on any atom is 0.107 e. The molecule has 4 heteroatoms. The summed E-state index contributed by atoms with van der Waals surface area (Å²) in [6.07, 6.45) is -0.538. The van der Waals surface area contributed by atoms with Gasteiger partial charge in [0.15, 0.2) is 0 Å². The van der Waals surface area contributed by atoms with Gasteiger partial charge >= 0.3 is 0 Å². The first-order valence-corrected chi connectivity index (χ1v) is 7.53. The normalized spacial score (nSPS) is 14.1. The largest absolute Gasteiger partial charge is 0.389 e. The molecule has 0 saturated heterocycles. The first-order chi connectivity index (χ1) is 10.7. The van der Waals surface area contributed by atoms with Gasteiger partial charge < -0.3 is 15.0 Å². The molecule has 4 nitrogen and oxygen atoms in total. The minimum Gasteiger partial charge on any atom is -0.389 e. The van der Waals surface area contributed by atoms with E-state index in [9.17, 15) is 5.11 Å². The molecule has 0 aliphatic rings. The molecule has 2 atom stereocenters. The Labute approximate surface area is 130 Å². The lowest BCUT2D eigenvalue weighted by Gasteiger charge is -2.26. The minimum atomic E-state index is -0.538. The summed E-state index contributed by atoms with van der Waals surface area (Å²) in [5.74, 6) is 0.908. The zero-order valence-corrected chi connectivity index (χ0v) is 12.9. The van der Waals surface area contributed by atoms with Crippen LogP contribution in [-0.2, 0) is 0 Å². The van der Waals surface area contributed by atoms with E-state index in [4.69, 9.17) is 0 Å². The minimum absolute atomic E-state index is 0.166. The highest BCUT2D eigenvalue weighted by Gasteiger charge is 2.25. The van der Waals surface area contributed by atoms with Gasteiger partial charge in [-0.25, -0.2) is 4.98 Å². The van der Waals surface area contributed by atoms with Crippen molar-refractivity contribution < 1.29 is 5.11 Å². The number of rotatable bonds is 5. The lowest BCUT2D eigenvalue weighted by atomic mass is 10.0. The fraction of sp³-hybridized carbons (Fsp3) is 0.278. The standard InChI is InChI=1S/C18H21N3O/c1-13-20-15-10-6-7-11-16(15)21(13)18(17(22)12-19-2)14-8-4-3-5-9-14/h3-11,17-19,22H,12H2,1-2H3. The average Bonchev–Trinajstić information content (AvgIpc) is 2.86. The molecular weight excluding hydrogens is 274 g/mol. The molecule has 0 saturated carbocycles. The molecule has 22 heavy (non-hydrogen) atoms. The summed E-state index contributed by atoms with van der Waals surface area (Å²) >= 11 is 0. The second-order valence-electron chi connectivity index (χ2n) is 5.50. The van der Waals surface area contributed by atoms with Gasteiger partial charge in [0.2, 0.25) is 0 Å². The van der Waals surface area contributed by atoms with E-state index < -0.39 is 6.10 Å². The van der Waals surface area contributed by atoms with E-state index in [1.54, 1.807) is 0 Å². The molecule has 0 aliphatic heterocycles. The lowest BCUT2D eigenvalue weighted by Crippen LogP contribution is -2.34. The predicted octanol–water partition coefficient (Wildman–Crippen LogP) is 2.51. The fourth-order valence-corrected chi connectivity index (χ4v) is 3.03. The summed E-state index contributed by atoms with van der Waals surface area (Å²) in [5.41, 5.74) is 3.08. The number of nitrogens with one attached hydrogen (secondary N) is 1. The van der Waals surface area contributed by atoms with E-state index in [0.717, 1.165) is 22.4 Å². The third kappa shape index (κ3) is 2.63. The van der Waals surface area contributed by atoms with Crippen LogP contribution in [0.15, 0.2) is 54.6 Å². The Kier molecular flexibility index (Phi) is 4.22. The van der Waals surface area contributed by atoms with Crippen LogP contribution in [0.2, 0.25) is 0 Å². The second-order valence-corrected chi connectivity index (χ2v) is 5.50. The summed E-state index contributed by atoms with van der Waals surface area (Å²) < 4.78 is 2.13. The summed E-state index contributed by atoms with van der Waals surface area (Å²) in [5, 5.41) is 13.8. The van der Waals surface area contributed by atoms with Gasteiger partial charge in [0, 0.05) is 6.54 Å². The number of para-hydroxylation sites is 2. The van der Waals surface area contributed by atoms with E-state index in [1.807, 2.05) is 50.4 Å². The Hall–Kier alpha value is -2.17. The van der Waals surface area contributed by atoms with Gasteiger partial charge in [-0.1, -0.05) is 42.5 Å². The third-order valence-electron chi connectivity index (χ3n) is 3.97. The first kappa shape index (κ1) is 14.8. The molecule has 1 aromatic heterocycles. The van der Waals surface area contributed by atoms with Crippen LogP contribution in [0.25, 0.3) is 11.0 Å². The Morgan fingerprint density at radius 2 is 1.77 bits per heavy atom. The molecule has 114 valence electrons. The SMILES string of the molecule is CNCC(O)C(c1ccccc1)n1c(C)nc2ccccc21. The molecule has 3 rings (SSSR count). The highest BCUT2D eigenvalue weighted by molar-refractivity contribution is 5.76. The molecule has 2 N–H and O–H groups in total. The van der Waals surface area contributed by atoms with Crippen molar-refractivity contribution in [2.75, 3.05) is 13.6 Å². The van der Waals surface area contributed by atoms with Gasteiger partial charge in [-0.2, -0.15) is 0 Å². The van der Waals surface area contributed by atoms with Crippen LogP contribution >= 0.6 is 0 Å². The van der Waals surface area contributed by atoms with Crippen LogP contribution < -0.4 is 5.32 Å². The van der Waals surface area contributed by atoms with Gasteiger partial charge in [0.05, 0.1) is 23.2 Å². The highest BCUT2D eigenvalue weighted by atomic mass is 16.3. The van der Waals surface area contributed by atoms with Gasteiger partial charge in [-0.3, -0.25) is 0 Å². The zero-order valence-electron chi connectivity index (χ0n) is 12.9. The molecule has 1 heterocycles. The van der Waals surface area contributed by atoms with Crippen LogP contribution in [0, 0.1) is 6.92 Å². The van der Waals surface area contributed by atoms with Crippen LogP contribution in [-0.4, -0.2) is 34.4 Å². The summed E-state index contributed by atoms with van der Waals surface area (Å²) in [4.78, 5) is 4.63. The summed E-state index contributed by atoms with van der Waals surface area (Å²) in [7, 11) is 1.85. The fourth-order valence-electron chi connectivity index (χ4n) is 3.03. The molecule has 0 radical (unpaired) electrons. The number of imidazole rings is 1. The van der Waals surface area contributed by atoms with E-state index in [0.29, 0.717) is 6.54 Å². The van der Waals surface area contributed by atoms with E-state index in [-0.39, 0.29) is 6.04 Å². The maximum atomic E-state index is 10.7. The molecule has 0 amide bonds. The van der Waals surface area contributed by atoms with Crippen molar-refractivity contribution in [2.45, 2.75) is 19.1 Å². The van der Waals surface area contributed by atoms with Gasteiger partial charge in [-0.15, -0.1) is 0 Å². The molecule has 0 spiro atoms. The van der Waals surface area contributed by atoms with E-state index >= 15 is 0 Å². The van der Waals surface area contributed by atoms with Crippen molar-refractivity contribution >= 4 is 11.0 Å². The quantitative estimate of drug-likeness (QED) is 0.760. The number of aliphatic hydroxyl groups is 1. The Balaban J connectivity index is 2.18. The molecule has 0 fully saturated rings. The number of likely N-dealkylation sites (N-methyl/N-ethyl adjacent to an activating group) is 1. The van der Waals surface area contributed by atoms with Crippen molar-refractivity contribution in [2.24, 2.45) is 0 Å². The molecule has 0 aliphatic carbocycles. The average molecular weight is 295 g/mol. The maximum absolute atomic E-state index is 10.7. The van der Waals surface area contributed by atoms with Crippen molar-refractivity contribution in [3.63, 3.8) is 0 Å². The smallest absolute Gasteiger partial charge is 0.107 e. The topological polar surface area (TPSA) is 50.1 Å². The van der Waals surface area contributed by atoms with Crippen molar-refractivity contribution in [1.29, 1.82) is 0 Å². The summed E-state index contributed by atoms with van der Waals surface area (Å²) in [6, 6.07) is 18.0. The Morgan fingerprint density at radius 1 is 1.09 bits per heavy atom. The van der Waals surface area contributed by atoms with Crippen LogP contribution in [0.5, 0.6) is 0 Å².